The molecule has 2 aromatic carbocycles. The maximum Gasteiger partial charge on any atom is 0.311 e. The summed E-state index contributed by atoms with van der Waals surface area (Å²) in [5.41, 5.74) is 3.75. The average molecular weight is 657 g/mol. The van der Waals surface area contributed by atoms with Gasteiger partial charge in [0, 0.05) is 100 Å². The molecule has 3 fully saturated rings. The summed E-state index contributed by atoms with van der Waals surface area (Å²) in [4.78, 5) is 69.7. The van der Waals surface area contributed by atoms with Gasteiger partial charge in [0.1, 0.15) is 6.04 Å². The molecule has 3 aromatic rings. The van der Waals surface area contributed by atoms with Crippen LogP contribution in [0, 0.1) is 16.0 Å². The highest BCUT2D eigenvalue weighted by Gasteiger charge is 2.45. The zero-order valence-corrected chi connectivity index (χ0v) is 26.8. The van der Waals surface area contributed by atoms with Gasteiger partial charge in [0.15, 0.2) is 5.75 Å². The van der Waals surface area contributed by atoms with Crippen molar-refractivity contribution in [3.63, 3.8) is 0 Å². The van der Waals surface area contributed by atoms with Gasteiger partial charge in [-0.15, -0.1) is 0 Å². The number of hydrogen-bond donors (Lipinski definition) is 1. The fraction of sp³-hybridized carbons (Fsp3) is 0.424. The van der Waals surface area contributed by atoms with Crippen molar-refractivity contribution in [2.75, 3.05) is 62.7 Å². The summed E-state index contributed by atoms with van der Waals surface area (Å²) in [7, 11) is 3.25. The predicted octanol–water partition coefficient (Wildman–Crippen LogP) is 2.05. The van der Waals surface area contributed by atoms with Crippen molar-refractivity contribution in [3.05, 3.63) is 64.0 Å². The van der Waals surface area contributed by atoms with E-state index in [9.17, 15) is 29.3 Å². The molecule has 48 heavy (non-hydrogen) atoms. The molecule has 7 rings (SSSR count). The van der Waals surface area contributed by atoms with Crippen molar-refractivity contribution < 1.29 is 28.8 Å². The van der Waals surface area contributed by atoms with E-state index >= 15 is 0 Å². The van der Waals surface area contributed by atoms with Crippen LogP contribution in [0.3, 0.4) is 0 Å². The molecule has 4 aliphatic heterocycles. The summed E-state index contributed by atoms with van der Waals surface area (Å²) in [6, 6.07) is 7.61. The van der Waals surface area contributed by atoms with E-state index in [0.29, 0.717) is 5.92 Å². The van der Waals surface area contributed by atoms with Gasteiger partial charge in [0.05, 0.1) is 29.4 Å². The predicted molar refractivity (Wildman–Crippen MR) is 174 cm³/mol. The van der Waals surface area contributed by atoms with Gasteiger partial charge in [0.2, 0.25) is 11.8 Å². The van der Waals surface area contributed by atoms with Crippen LogP contribution in [-0.4, -0.2) is 107 Å². The van der Waals surface area contributed by atoms with E-state index in [2.05, 4.69) is 25.1 Å². The number of aromatic nitrogens is 2. The van der Waals surface area contributed by atoms with Crippen LogP contribution >= 0.6 is 0 Å². The zero-order chi connectivity index (χ0) is 33.7. The molecule has 4 aliphatic rings. The lowest BCUT2D eigenvalue weighted by molar-refractivity contribution is -0.385. The summed E-state index contributed by atoms with van der Waals surface area (Å²) < 4.78 is 7.07. The average Bonchev–Trinajstić information content (AvgIpc) is 3.79. The maximum absolute atomic E-state index is 13.3. The largest absolute Gasteiger partial charge is 0.490 e. The smallest absolute Gasteiger partial charge is 0.311 e. The van der Waals surface area contributed by atoms with Gasteiger partial charge < -0.3 is 14.5 Å². The fourth-order valence-electron chi connectivity index (χ4n) is 7.33. The Kier molecular flexibility index (Phi) is 8.07. The van der Waals surface area contributed by atoms with Crippen LogP contribution in [0.2, 0.25) is 0 Å². The minimum absolute atomic E-state index is 0.0809. The van der Waals surface area contributed by atoms with E-state index < -0.39 is 34.6 Å². The third-order valence-electron chi connectivity index (χ3n) is 9.81. The first kappa shape index (κ1) is 31.3. The Morgan fingerprint density at radius 3 is 2.42 bits per heavy atom. The van der Waals surface area contributed by atoms with E-state index in [1.807, 2.05) is 19.3 Å². The first-order valence-corrected chi connectivity index (χ1v) is 16.0. The topological polar surface area (TPSA) is 163 Å². The number of amides is 4. The molecule has 15 heteroatoms. The van der Waals surface area contributed by atoms with Crippen LogP contribution < -0.4 is 19.9 Å². The van der Waals surface area contributed by atoms with Gasteiger partial charge in [-0.25, -0.2) is 0 Å². The molecule has 250 valence electrons. The highest BCUT2D eigenvalue weighted by molar-refractivity contribution is 6.23. The van der Waals surface area contributed by atoms with E-state index in [1.165, 1.54) is 7.11 Å². The fourth-order valence-corrected chi connectivity index (χ4v) is 7.33. The number of nitrogens with one attached hydrogen (secondary N) is 1. The summed E-state index contributed by atoms with van der Waals surface area (Å²) in [6.45, 7) is 5.68. The Morgan fingerprint density at radius 1 is 0.958 bits per heavy atom. The van der Waals surface area contributed by atoms with Crippen molar-refractivity contribution in [3.8, 4) is 16.9 Å². The molecule has 1 aromatic heterocycles. The lowest BCUT2D eigenvalue weighted by Crippen LogP contribution is -2.54. The van der Waals surface area contributed by atoms with Gasteiger partial charge in [-0.05, 0) is 37.0 Å². The quantitative estimate of drug-likeness (QED) is 0.215. The number of nitrogens with zero attached hydrogens (tertiary/aromatic N) is 7. The number of rotatable bonds is 8. The Morgan fingerprint density at radius 2 is 1.73 bits per heavy atom. The molecule has 1 N–H and O–H groups in total. The van der Waals surface area contributed by atoms with Crippen LogP contribution in [0.4, 0.5) is 17.1 Å². The number of aryl methyl sites for hydroxylation is 1. The van der Waals surface area contributed by atoms with Gasteiger partial charge in [-0.2, -0.15) is 5.10 Å². The monoisotopic (exact) mass is 656 g/mol. The lowest BCUT2D eigenvalue weighted by atomic mass is 10.0. The van der Waals surface area contributed by atoms with Crippen LogP contribution in [-0.2, 0) is 16.6 Å². The number of carbonyl (C=O) groups is 4. The van der Waals surface area contributed by atoms with E-state index in [0.717, 1.165) is 79.6 Å². The molecule has 5 heterocycles. The standard InChI is InChI=1S/C33H36N8O7/c1-36-19-21(16-34-36)24-14-28(41(46)47)29(48-2)15-27(24)38-11-9-37(10-12-38)17-20-7-8-39(18-20)22-3-4-23-25(13-22)33(45)40(32(23)44)26-5-6-30(42)35-31(26)43/h3-4,13-16,19-20,26H,5-12,17-18H2,1-2H3,(H,35,42,43). The highest BCUT2D eigenvalue weighted by Crippen LogP contribution is 2.41. The zero-order valence-electron chi connectivity index (χ0n) is 26.8. The Labute approximate surface area is 276 Å². The molecular weight excluding hydrogens is 620 g/mol. The van der Waals surface area contributed by atoms with Crippen LogP contribution in [0.15, 0.2) is 42.7 Å². The van der Waals surface area contributed by atoms with Crippen LogP contribution in [0.25, 0.3) is 11.1 Å². The molecular formula is C33H36N8O7. The Bertz CT molecular complexity index is 1830. The van der Waals surface area contributed by atoms with Gasteiger partial charge in [-0.1, -0.05) is 0 Å². The molecule has 2 unspecified atom stereocenters. The lowest BCUT2D eigenvalue weighted by Gasteiger charge is -2.38. The minimum Gasteiger partial charge on any atom is -0.490 e. The number of imide groups is 2. The number of anilines is 2. The number of nitro benzene ring substituents is 1. The van der Waals surface area contributed by atoms with Crippen molar-refractivity contribution in [2.24, 2.45) is 13.0 Å². The Balaban J connectivity index is 0.990. The van der Waals surface area contributed by atoms with Crippen molar-refractivity contribution in [2.45, 2.75) is 25.3 Å². The summed E-state index contributed by atoms with van der Waals surface area (Å²) in [6.07, 6.45) is 4.74. The van der Waals surface area contributed by atoms with Crippen LogP contribution in [0.1, 0.15) is 40.0 Å². The Hall–Kier alpha value is -5.31. The van der Waals surface area contributed by atoms with Crippen molar-refractivity contribution in [1.29, 1.82) is 0 Å². The highest BCUT2D eigenvalue weighted by atomic mass is 16.6. The van der Waals surface area contributed by atoms with E-state index in [1.54, 1.807) is 35.1 Å². The SMILES string of the molecule is COc1cc(N2CCN(CC3CCN(c4ccc5c(c4)C(=O)N(C4CCC(=O)NC4=O)C5=O)C3)CC2)c(-c2cnn(C)c2)cc1[N+](=O)[O-]. The number of ether oxygens (including phenoxy) is 1. The van der Waals surface area contributed by atoms with E-state index in [4.69, 9.17) is 4.74 Å². The second-order valence-electron chi connectivity index (χ2n) is 12.8. The second-order valence-corrected chi connectivity index (χ2v) is 12.8. The number of piperazine rings is 1. The number of nitro groups is 1. The van der Waals surface area contributed by atoms with Gasteiger partial charge in [-0.3, -0.25) is 49.1 Å². The second kappa shape index (κ2) is 12.4. The van der Waals surface area contributed by atoms with Gasteiger partial charge in [0.25, 0.3) is 11.8 Å². The normalized spacial score (nSPS) is 21.6. The summed E-state index contributed by atoms with van der Waals surface area (Å²) in [5.74, 6) is -1.40. The molecule has 15 nitrogen and oxygen atoms in total. The molecule has 0 spiro atoms. The van der Waals surface area contributed by atoms with Crippen molar-refractivity contribution >= 4 is 40.7 Å². The van der Waals surface area contributed by atoms with Crippen molar-refractivity contribution in [1.82, 2.24) is 24.9 Å². The number of carbonyl (C=O) groups excluding carboxylic acids is 4. The molecule has 2 atom stereocenters. The molecule has 3 saturated heterocycles. The number of piperidine rings is 1. The first-order valence-electron chi connectivity index (χ1n) is 16.0. The number of fused-ring (bicyclic) bond motifs is 1. The third kappa shape index (κ3) is 5.63. The molecule has 0 saturated carbocycles. The van der Waals surface area contributed by atoms with Gasteiger partial charge >= 0.3 is 5.69 Å². The molecule has 0 aliphatic carbocycles. The number of benzene rings is 2. The minimum atomic E-state index is -0.987. The van der Waals surface area contributed by atoms with E-state index in [-0.39, 0.29) is 35.4 Å². The summed E-state index contributed by atoms with van der Waals surface area (Å²) >= 11 is 0. The first-order chi connectivity index (χ1) is 23.1. The third-order valence-corrected chi connectivity index (χ3v) is 9.81. The number of hydrogen-bond acceptors (Lipinski definition) is 11. The molecule has 4 amide bonds. The number of methoxy groups -OCH3 is 1. The maximum atomic E-state index is 13.3. The molecule has 0 radical (unpaired) electrons. The summed E-state index contributed by atoms with van der Waals surface area (Å²) in [5, 5.41) is 18.3. The molecule has 0 bridgehead atoms. The van der Waals surface area contributed by atoms with Crippen LogP contribution in [0.5, 0.6) is 5.75 Å².